The Bertz CT molecular complexity index is 665. The fourth-order valence-electron chi connectivity index (χ4n) is 2.03. The molecule has 110 valence electrons. The zero-order valence-electron chi connectivity index (χ0n) is 12.3. The lowest BCUT2D eigenvalue weighted by Gasteiger charge is -2.10. The third-order valence-electron chi connectivity index (χ3n) is 3.16. The minimum absolute atomic E-state index is 0.0213. The van der Waals surface area contributed by atoms with Gasteiger partial charge in [-0.05, 0) is 43.7 Å². The van der Waals surface area contributed by atoms with Crippen molar-refractivity contribution in [2.75, 3.05) is 13.7 Å². The number of hydrogen-bond acceptors (Lipinski definition) is 3. The van der Waals surface area contributed by atoms with Gasteiger partial charge in [0.2, 0.25) is 0 Å². The number of aryl methyl sites for hydroxylation is 2. The lowest BCUT2D eigenvalue weighted by atomic mass is 10.1. The van der Waals surface area contributed by atoms with Crippen LogP contribution in [0.5, 0.6) is 11.5 Å². The lowest BCUT2D eigenvalue weighted by Crippen LogP contribution is -2.12. The van der Waals surface area contributed by atoms with Gasteiger partial charge in [-0.3, -0.25) is 4.79 Å². The number of methoxy groups -OCH3 is 1. The van der Waals surface area contributed by atoms with Gasteiger partial charge in [-0.2, -0.15) is 0 Å². The molecule has 2 aromatic rings. The number of Topliss-reactive ketones (excluding diaryl/α,β-unsaturated/α-hetero) is 1. The van der Waals surface area contributed by atoms with E-state index in [0.29, 0.717) is 22.1 Å². The van der Waals surface area contributed by atoms with Crippen molar-refractivity contribution < 1.29 is 14.3 Å². The van der Waals surface area contributed by atoms with Crippen molar-refractivity contribution in [2.45, 2.75) is 13.8 Å². The van der Waals surface area contributed by atoms with Crippen LogP contribution >= 0.6 is 11.6 Å². The summed E-state index contributed by atoms with van der Waals surface area (Å²) in [6, 6.07) is 10.8. The zero-order valence-corrected chi connectivity index (χ0v) is 13.0. The first-order valence-corrected chi connectivity index (χ1v) is 6.96. The minimum atomic E-state index is -0.125. The molecule has 0 aromatic heterocycles. The standard InChI is InChI=1S/C17H17ClO3/c1-11-4-6-16(12(2)8-11)21-10-15(19)13-5-7-17(20-3)14(18)9-13/h4-9H,10H2,1-3H3. The summed E-state index contributed by atoms with van der Waals surface area (Å²) < 4.78 is 10.6. The van der Waals surface area contributed by atoms with Gasteiger partial charge < -0.3 is 9.47 Å². The molecule has 0 atom stereocenters. The van der Waals surface area contributed by atoms with E-state index in [9.17, 15) is 4.79 Å². The van der Waals surface area contributed by atoms with Gasteiger partial charge in [0.05, 0.1) is 12.1 Å². The Labute approximate surface area is 129 Å². The van der Waals surface area contributed by atoms with E-state index in [1.54, 1.807) is 18.2 Å². The first kappa shape index (κ1) is 15.4. The van der Waals surface area contributed by atoms with Crippen LogP contribution in [0.15, 0.2) is 36.4 Å². The van der Waals surface area contributed by atoms with Crippen LogP contribution in [0.1, 0.15) is 21.5 Å². The molecule has 4 heteroatoms. The van der Waals surface area contributed by atoms with Gasteiger partial charge in [-0.25, -0.2) is 0 Å². The number of carbonyl (C=O) groups excluding carboxylic acids is 1. The highest BCUT2D eigenvalue weighted by atomic mass is 35.5. The lowest BCUT2D eigenvalue weighted by molar-refractivity contribution is 0.0921. The van der Waals surface area contributed by atoms with Crippen molar-refractivity contribution in [1.82, 2.24) is 0 Å². The van der Waals surface area contributed by atoms with Gasteiger partial charge in [0.1, 0.15) is 11.5 Å². The van der Waals surface area contributed by atoms with Crippen LogP contribution in [0.25, 0.3) is 0 Å². The fraction of sp³-hybridized carbons (Fsp3) is 0.235. The Kier molecular flexibility index (Phi) is 4.86. The van der Waals surface area contributed by atoms with E-state index in [4.69, 9.17) is 21.1 Å². The van der Waals surface area contributed by atoms with Crippen molar-refractivity contribution in [2.24, 2.45) is 0 Å². The molecule has 0 fully saturated rings. The summed E-state index contributed by atoms with van der Waals surface area (Å²) in [4.78, 5) is 12.1. The molecular formula is C17H17ClO3. The maximum atomic E-state index is 12.1. The number of ether oxygens (including phenoxy) is 2. The third kappa shape index (κ3) is 3.76. The largest absolute Gasteiger partial charge is 0.495 e. The molecular weight excluding hydrogens is 288 g/mol. The van der Waals surface area contributed by atoms with E-state index in [-0.39, 0.29) is 12.4 Å². The van der Waals surface area contributed by atoms with Crippen LogP contribution in [0, 0.1) is 13.8 Å². The van der Waals surface area contributed by atoms with E-state index in [2.05, 4.69) is 0 Å². The van der Waals surface area contributed by atoms with Gasteiger partial charge in [0.15, 0.2) is 12.4 Å². The van der Waals surface area contributed by atoms with Gasteiger partial charge in [-0.1, -0.05) is 29.3 Å². The molecule has 0 saturated heterocycles. The number of hydrogen-bond donors (Lipinski definition) is 0. The summed E-state index contributed by atoms with van der Waals surface area (Å²) in [6.07, 6.45) is 0. The Balaban J connectivity index is 2.06. The summed E-state index contributed by atoms with van der Waals surface area (Å²) in [5, 5.41) is 0.412. The summed E-state index contributed by atoms with van der Waals surface area (Å²) in [5.41, 5.74) is 2.68. The summed E-state index contributed by atoms with van der Waals surface area (Å²) in [5.74, 6) is 1.14. The summed E-state index contributed by atoms with van der Waals surface area (Å²) in [6.45, 7) is 3.95. The molecule has 0 aliphatic rings. The topological polar surface area (TPSA) is 35.5 Å². The van der Waals surface area contributed by atoms with Crippen LogP contribution in [-0.2, 0) is 0 Å². The highest BCUT2D eigenvalue weighted by Crippen LogP contribution is 2.25. The SMILES string of the molecule is COc1ccc(C(=O)COc2ccc(C)cc2C)cc1Cl. The van der Waals surface area contributed by atoms with Gasteiger partial charge in [0, 0.05) is 5.56 Å². The number of rotatable bonds is 5. The van der Waals surface area contributed by atoms with Crippen LogP contribution in [0.3, 0.4) is 0 Å². The van der Waals surface area contributed by atoms with Crippen molar-refractivity contribution in [3.05, 3.63) is 58.1 Å². The van der Waals surface area contributed by atoms with E-state index in [1.165, 1.54) is 7.11 Å². The number of carbonyl (C=O) groups is 1. The minimum Gasteiger partial charge on any atom is -0.495 e. The molecule has 0 amide bonds. The quantitative estimate of drug-likeness (QED) is 0.776. The smallest absolute Gasteiger partial charge is 0.200 e. The molecule has 2 aromatic carbocycles. The maximum absolute atomic E-state index is 12.1. The highest BCUT2D eigenvalue weighted by molar-refractivity contribution is 6.32. The molecule has 0 aliphatic heterocycles. The van der Waals surface area contributed by atoms with E-state index in [1.807, 2.05) is 32.0 Å². The van der Waals surface area contributed by atoms with E-state index < -0.39 is 0 Å². The van der Waals surface area contributed by atoms with Crippen molar-refractivity contribution in [3.63, 3.8) is 0 Å². The third-order valence-corrected chi connectivity index (χ3v) is 3.46. The van der Waals surface area contributed by atoms with Gasteiger partial charge in [-0.15, -0.1) is 0 Å². The van der Waals surface area contributed by atoms with Crippen molar-refractivity contribution in [1.29, 1.82) is 0 Å². The number of benzene rings is 2. The zero-order chi connectivity index (χ0) is 15.4. The van der Waals surface area contributed by atoms with Crippen LogP contribution in [0.2, 0.25) is 5.02 Å². The second-order valence-electron chi connectivity index (χ2n) is 4.83. The number of halogens is 1. The van der Waals surface area contributed by atoms with E-state index in [0.717, 1.165) is 11.1 Å². The molecule has 0 radical (unpaired) electrons. The average molecular weight is 305 g/mol. The normalized spacial score (nSPS) is 10.3. The molecule has 0 aliphatic carbocycles. The Hall–Kier alpha value is -2.00. The molecule has 2 rings (SSSR count). The Morgan fingerprint density at radius 3 is 2.43 bits per heavy atom. The summed E-state index contributed by atoms with van der Waals surface area (Å²) in [7, 11) is 1.53. The monoisotopic (exact) mass is 304 g/mol. The second-order valence-corrected chi connectivity index (χ2v) is 5.24. The predicted molar refractivity (Wildman–Crippen MR) is 83.7 cm³/mol. The van der Waals surface area contributed by atoms with Crippen LogP contribution in [0.4, 0.5) is 0 Å². The van der Waals surface area contributed by atoms with Gasteiger partial charge >= 0.3 is 0 Å². The first-order chi connectivity index (χ1) is 10.0. The van der Waals surface area contributed by atoms with E-state index >= 15 is 0 Å². The molecule has 0 saturated carbocycles. The maximum Gasteiger partial charge on any atom is 0.200 e. The molecule has 0 spiro atoms. The Morgan fingerprint density at radius 2 is 1.81 bits per heavy atom. The highest BCUT2D eigenvalue weighted by Gasteiger charge is 2.11. The molecule has 3 nitrogen and oxygen atoms in total. The molecule has 0 N–H and O–H groups in total. The average Bonchev–Trinajstić information content (AvgIpc) is 2.46. The molecule has 0 bridgehead atoms. The molecule has 0 heterocycles. The molecule has 0 unspecified atom stereocenters. The molecule has 21 heavy (non-hydrogen) atoms. The second kappa shape index (κ2) is 6.64. The summed E-state index contributed by atoms with van der Waals surface area (Å²) >= 11 is 6.02. The van der Waals surface area contributed by atoms with Crippen LogP contribution in [-0.4, -0.2) is 19.5 Å². The fourth-order valence-corrected chi connectivity index (χ4v) is 2.29. The van der Waals surface area contributed by atoms with Crippen molar-refractivity contribution >= 4 is 17.4 Å². The Morgan fingerprint density at radius 1 is 1.10 bits per heavy atom. The predicted octanol–water partition coefficient (Wildman–Crippen LogP) is 4.23. The van der Waals surface area contributed by atoms with Crippen molar-refractivity contribution in [3.8, 4) is 11.5 Å². The first-order valence-electron chi connectivity index (χ1n) is 6.58. The van der Waals surface area contributed by atoms with Gasteiger partial charge in [0.25, 0.3) is 0 Å². The number of ketones is 1. The van der Waals surface area contributed by atoms with Crippen LogP contribution < -0.4 is 9.47 Å².